The molecule has 0 aliphatic heterocycles. The zero-order chi connectivity index (χ0) is 10.8. The molecule has 3 aromatic rings. The van der Waals surface area contributed by atoms with Crippen molar-refractivity contribution in [3.8, 4) is 11.6 Å². The molecule has 0 radical (unpaired) electrons. The van der Waals surface area contributed by atoms with Crippen LogP contribution in [-0.2, 0) is 6.54 Å². The fraction of sp³-hybridized carbons (Fsp3) is 0.0909. The zero-order valence-electron chi connectivity index (χ0n) is 8.41. The van der Waals surface area contributed by atoms with Crippen LogP contribution in [0.15, 0.2) is 52.1 Å². The van der Waals surface area contributed by atoms with Gasteiger partial charge in [-0.15, -0.1) is 0 Å². The van der Waals surface area contributed by atoms with Crippen molar-refractivity contribution >= 4 is 0 Å². The van der Waals surface area contributed by atoms with E-state index in [0.29, 0.717) is 6.54 Å². The summed E-state index contributed by atoms with van der Waals surface area (Å²) in [5.41, 5.74) is 0.853. The van der Waals surface area contributed by atoms with Crippen molar-refractivity contribution in [1.29, 1.82) is 0 Å². The summed E-state index contributed by atoms with van der Waals surface area (Å²) in [5, 5.41) is 3.86. The smallest absolute Gasteiger partial charge is 0.176 e. The minimum absolute atomic E-state index is 0.618. The molecule has 16 heavy (non-hydrogen) atoms. The lowest BCUT2D eigenvalue weighted by Gasteiger charge is -2.02. The molecular weight excluding hydrogens is 206 g/mol. The van der Waals surface area contributed by atoms with E-state index in [1.807, 2.05) is 29.0 Å². The molecule has 80 valence electrons. The monoisotopic (exact) mass is 215 g/mol. The molecule has 0 N–H and O–H groups in total. The summed E-state index contributed by atoms with van der Waals surface area (Å²) in [6.07, 6.45) is 6.80. The molecule has 0 bridgehead atoms. The van der Waals surface area contributed by atoms with Gasteiger partial charge >= 0.3 is 0 Å². The van der Waals surface area contributed by atoms with Crippen LogP contribution in [0.4, 0.5) is 0 Å². The predicted molar refractivity (Wildman–Crippen MR) is 55.5 cm³/mol. The number of aromatic nitrogens is 3. The predicted octanol–water partition coefficient (Wildman–Crippen LogP) is 2.18. The lowest BCUT2D eigenvalue weighted by molar-refractivity contribution is 0.409. The second-order valence-corrected chi connectivity index (χ2v) is 3.35. The number of hydrogen-bond donors (Lipinski definition) is 0. The highest BCUT2D eigenvalue weighted by Crippen LogP contribution is 2.18. The SMILES string of the molecule is c1coc(-c2nccn2Cc2ccon2)c1. The van der Waals surface area contributed by atoms with Crippen molar-refractivity contribution < 1.29 is 8.94 Å². The van der Waals surface area contributed by atoms with E-state index in [9.17, 15) is 0 Å². The van der Waals surface area contributed by atoms with E-state index in [-0.39, 0.29) is 0 Å². The Hall–Kier alpha value is -2.30. The molecule has 5 nitrogen and oxygen atoms in total. The van der Waals surface area contributed by atoms with Gasteiger partial charge in [0.25, 0.3) is 0 Å². The highest BCUT2D eigenvalue weighted by Gasteiger charge is 2.09. The van der Waals surface area contributed by atoms with E-state index in [4.69, 9.17) is 8.94 Å². The number of nitrogens with zero attached hydrogens (tertiary/aromatic N) is 3. The van der Waals surface area contributed by atoms with Crippen molar-refractivity contribution in [1.82, 2.24) is 14.7 Å². The van der Waals surface area contributed by atoms with Crippen molar-refractivity contribution in [2.75, 3.05) is 0 Å². The van der Waals surface area contributed by atoms with Gasteiger partial charge in [0, 0.05) is 18.5 Å². The van der Waals surface area contributed by atoms with Gasteiger partial charge in [-0.1, -0.05) is 5.16 Å². The Morgan fingerprint density at radius 2 is 2.25 bits per heavy atom. The van der Waals surface area contributed by atoms with Crippen molar-refractivity contribution in [3.05, 3.63) is 48.8 Å². The summed E-state index contributed by atoms with van der Waals surface area (Å²) >= 11 is 0. The third-order valence-electron chi connectivity index (χ3n) is 2.28. The van der Waals surface area contributed by atoms with Crippen LogP contribution in [0.25, 0.3) is 11.6 Å². The first-order valence-electron chi connectivity index (χ1n) is 4.88. The van der Waals surface area contributed by atoms with E-state index >= 15 is 0 Å². The van der Waals surface area contributed by atoms with Gasteiger partial charge in [0.15, 0.2) is 11.6 Å². The van der Waals surface area contributed by atoms with E-state index in [1.54, 1.807) is 18.7 Å². The Bertz CT molecular complexity index is 552. The quantitative estimate of drug-likeness (QED) is 0.671. The van der Waals surface area contributed by atoms with Gasteiger partial charge in [-0.25, -0.2) is 4.98 Å². The summed E-state index contributed by atoms with van der Waals surface area (Å²) in [4.78, 5) is 4.25. The van der Waals surface area contributed by atoms with E-state index in [1.165, 1.54) is 0 Å². The van der Waals surface area contributed by atoms with E-state index in [0.717, 1.165) is 17.3 Å². The lowest BCUT2D eigenvalue weighted by Crippen LogP contribution is -2.00. The molecule has 0 saturated carbocycles. The molecule has 3 rings (SSSR count). The van der Waals surface area contributed by atoms with Crippen LogP contribution in [-0.4, -0.2) is 14.7 Å². The summed E-state index contributed by atoms with van der Waals surface area (Å²) in [6, 6.07) is 5.54. The molecule has 0 aromatic carbocycles. The summed E-state index contributed by atoms with van der Waals surface area (Å²) in [7, 11) is 0. The molecule has 0 aliphatic carbocycles. The van der Waals surface area contributed by atoms with Crippen LogP contribution in [0.5, 0.6) is 0 Å². The van der Waals surface area contributed by atoms with Crippen LogP contribution < -0.4 is 0 Å². The fourth-order valence-electron chi connectivity index (χ4n) is 1.56. The van der Waals surface area contributed by atoms with E-state index < -0.39 is 0 Å². The molecule has 0 spiro atoms. The van der Waals surface area contributed by atoms with E-state index in [2.05, 4.69) is 10.1 Å². The van der Waals surface area contributed by atoms with Crippen molar-refractivity contribution in [3.63, 3.8) is 0 Å². The van der Waals surface area contributed by atoms with Gasteiger partial charge in [0.1, 0.15) is 12.0 Å². The standard InChI is InChI=1S/C11H9N3O2/c1-2-10(15-6-1)11-12-4-5-14(11)8-9-3-7-16-13-9/h1-7H,8H2. The average Bonchev–Trinajstić information content (AvgIpc) is 2.98. The second kappa shape index (κ2) is 3.69. The Morgan fingerprint density at radius 3 is 3.00 bits per heavy atom. The maximum atomic E-state index is 5.31. The highest BCUT2D eigenvalue weighted by molar-refractivity contribution is 5.47. The maximum absolute atomic E-state index is 5.31. The van der Waals surface area contributed by atoms with Crippen LogP contribution in [0.2, 0.25) is 0 Å². The zero-order valence-corrected chi connectivity index (χ0v) is 8.41. The fourth-order valence-corrected chi connectivity index (χ4v) is 1.56. The Kier molecular flexibility index (Phi) is 2.07. The first-order valence-corrected chi connectivity index (χ1v) is 4.88. The van der Waals surface area contributed by atoms with Crippen LogP contribution in [0, 0.1) is 0 Å². The molecule has 0 unspecified atom stereocenters. The molecule has 3 heterocycles. The van der Waals surface area contributed by atoms with Crippen LogP contribution in [0.1, 0.15) is 5.69 Å². The summed E-state index contributed by atoms with van der Waals surface area (Å²) < 4.78 is 12.1. The number of hydrogen-bond acceptors (Lipinski definition) is 4. The normalized spacial score (nSPS) is 10.8. The van der Waals surface area contributed by atoms with Gasteiger partial charge in [-0.3, -0.25) is 0 Å². The largest absolute Gasteiger partial charge is 0.461 e. The van der Waals surface area contributed by atoms with Crippen molar-refractivity contribution in [2.45, 2.75) is 6.54 Å². The molecular formula is C11H9N3O2. The molecule has 0 fully saturated rings. The number of imidazole rings is 1. The lowest BCUT2D eigenvalue weighted by atomic mass is 10.4. The average molecular weight is 215 g/mol. The molecule has 0 saturated heterocycles. The van der Waals surface area contributed by atoms with Gasteiger partial charge < -0.3 is 13.5 Å². The highest BCUT2D eigenvalue weighted by atomic mass is 16.5. The molecule has 0 amide bonds. The van der Waals surface area contributed by atoms with Gasteiger partial charge in [0.2, 0.25) is 0 Å². The minimum Gasteiger partial charge on any atom is -0.461 e. The Labute approximate surface area is 91.3 Å². The molecule has 3 aromatic heterocycles. The summed E-state index contributed by atoms with van der Waals surface area (Å²) in [6.45, 7) is 0.618. The first-order chi connectivity index (χ1) is 7.93. The molecule has 0 aliphatic rings. The van der Waals surface area contributed by atoms with Gasteiger partial charge in [0.05, 0.1) is 12.8 Å². The summed E-state index contributed by atoms with van der Waals surface area (Å²) in [5.74, 6) is 1.53. The minimum atomic E-state index is 0.618. The van der Waals surface area contributed by atoms with Crippen LogP contribution >= 0.6 is 0 Å². The number of furan rings is 1. The second-order valence-electron chi connectivity index (χ2n) is 3.35. The first kappa shape index (κ1) is 8.96. The molecule has 5 heteroatoms. The van der Waals surface area contributed by atoms with Crippen LogP contribution in [0.3, 0.4) is 0 Å². The van der Waals surface area contributed by atoms with Gasteiger partial charge in [-0.05, 0) is 12.1 Å². The Morgan fingerprint density at radius 1 is 1.25 bits per heavy atom. The molecule has 0 atom stereocenters. The Balaban J connectivity index is 1.94. The van der Waals surface area contributed by atoms with Gasteiger partial charge in [-0.2, -0.15) is 0 Å². The number of rotatable bonds is 3. The maximum Gasteiger partial charge on any atom is 0.176 e. The third kappa shape index (κ3) is 1.52. The third-order valence-corrected chi connectivity index (χ3v) is 2.28. The topological polar surface area (TPSA) is 57.0 Å². The van der Waals surface area contributed by atoms with Crippen molar-refractivity contribution in [2.24, 2.45) is 0 Å².